The number of rotatable bonds is 9. The average molecular weight is 429 g/mol. The highest BCUT2D eigenvalue weighted by molar-refractivity contribution is 7.86. The minimum absolute atomic E-state index is 0.0129. The van der Waals surface area contributed by atoms with Crippen LogP contribution in [0, 0.1) is 6.92 Å². The number of carbonyl (C=O) groups is 1. The van der Waals surface area contributed by atoms with E-state index in [2.05, 4.69) is 34.6 Å². The van der Waals surface area contributed by atoms with E-state index in [0.717, 1.165) is 37.2 Å². The van der Waals surface area contributed by atoms with Crippen LogP contribution < -0.4 is 4.31 Å². The normalized spacial score (nSPS) is 12.5. The monoisotopic (exact) mass is 428 g/mol. The van der Waals surface area contributed by atoms with Crippen LogP contribution in [0.2, 0.25) is 0 Å². The van der Waals surface area contributed by atoms with Gasteiger partial charge in [-0.05, 0) is 55.0 Å². The number of benzene rings is 2. The molecule has 0 fully saturated rings. The summed E-state index contributed by atoms with van der Waals surface area (Å²) in [6, 6.07) is 15.7. The summed E-state index contributed by atoms with van der Waals surface area (Å²) in [7, 11) is -1.47. The molecular weight excluding hydrogens is 392 g/mol. The molecule has 0 spiro atoms. The van der Waals surface area contributed by atoms with Crippen LogP contribution in [-0.2, 0) is 21.2 Å². The van der Waals surface area contributed by atoms with Gasteiger partial charge in [-0.25, -0.2) is 4.21 Å². The molecule has 0 bridgehead atoms. The van der Waals surface area contributed by atoms with Gasteiger partial charge in [-0.1, -0.05) is 64.4 Å². The summed E-state index contributed by atoms with van der Waals surface area (Å²) in [5.41, 5.74) is 3.15. The van der Waals surface area contributed by atoms with Gasteiger partial charge in [0.25, 0.3) is 0 Å². The number of hydrogen-bond acceptors (Lipinski definition) is 2. The number of carbonyl (C=O) groups excluding carboxylic acids is 1. The van der Waals surface area contributed by atoms with Crippen LogP contribution in [0.25, 0.3) is 0 Å². The van der Waals surface area contributed by atoms with Gasteiger partial charge >= 0.3 is 0 Å². The van der Waals surface area contributed by atoms with Crippen molar-refractivity contribution in [2.45, 2.75) is 64.7 Å². The minimum Gasteiger partial charge on any atom is -0.341 e. The highest BCUT2D eigenvalue weighted by atomic mass is 32.2. The van der Waals surface area contributed by atoms with Gasteiger partial charge in [0.15, 0.2) is 11.0 Å². The maximum atomic E-state index is 13.5. The van der Waals surface area contributed by atoms with Gasteiger partial charge in [0, 0.05) is 13.1 Å². The van der Waals surface area contributed by atoms with Crippen LogP contribution in [0.5, 0.6) is 0 Å². The fourth-order valence-electron chi connectivity index (χ4n) is 3.28. The Balaban J connectivity index is 2.34. The van der Waals surface area contributed by atoms with E-state index in [0.29, 0.717) is 4.90 Å². The second kappa shape index (κ2) is 10.8. The Labute approximate surface area is 184 Å². The SMILES string of the molecule is CCCN(CCC)C(=O)CN(c1ccc(C)cc1)S(=O)c1ccc(C(C)(C)C)cc1. The average Bonchev–Trinajstić information content (AvgIpc) is 2.71. The summed E-state index contributed by atoms with van der Waals surface area (Å²) in [5, 5.41) is 0. The largest absolute Gasteiger partial charge is 0.341 e. The van der Waals surface area contributed by atoms with Gasteiger partial charge < -0.3 is 4.90 Å². The Morgan fingerprint density at radius 2 is 1.43 bits per heavy atom. The molecule has 0 saturated heterocycles. The van der Waals surface area contributed by atoms with Gasteiger partial charge in [-0.15, -0.1) is 0 Å². The quantitative estimate of drug-likeness (QED) is 0.531. The zero-order valence-electron chi connectivity index (χ0n) is 19.3. The molecule has 0 aromatic heterocycles. The molecule has 0 aliphatic rings. The van der Waals surface area contributed by atoms with E-state index < -0.39 is 11.0 Å². The van der Waals surface area contributed by atoms with Crippen molar-refractivity contribution in [1.82, 2.24) is 4.90 Å². The van der Waals surface area contributed by atoms with E-state index in [1.54, 1.807) is 4.31 Å². The molecule has 2 aromatic carbocycles. The summed E-state index contributed by atoms with van der Waals surface area (Å²) >= 11 is 0. The summed E-state index contributed by atoms with van der Waals surface area (Å²) in [6.45, 7) is 14.2. The molecule has 1 unspecified atom stereocenters. The van der Waals surface area contributed by atoms with Gasteiger partial charge in [0.2, 0.25) is 5.91 Å². The first-order valence-corrected chi connectivity index (χ1v) is 11.9. The molecule has 164 valence electrons. The van der Waals surface area contributed by atoms with Crippen molar-refractivity contribution in [2.75, 3.05) is 23.9 Å². The standard InChI is InChI=1S/C25H36N2O2S/c1-7-17-26(18-8-2)24(28)19-27(22-13-9-20(3)10-14-22)30(29)23-15-11-21(12-16-23)25(4,5)6/h9-16H,7-8,17-19H2,1-6H3. The topological polar surface area (TPSA) is 40.6 Å². The molecule has 0 aliphatic carbocycles. The van der Waals surface area contributed by atoms with Crippen molar-refractivity contribution in [3.63, 3.8) is 0 Å². The number of hydrogen-bond donors (Lipinski definition) is 0. The van der Waals surface area contributed by atoms with Gasteiger partial charge in [-0.2, -0.15) is 0 Å². The van der Waals surface area contributed by atoms with E-state index >= 15 is 0 Å². The second-order valence-electron chi connectivity index (χ2n) is 8.78. The van der Waals surface area contributed by atoms with Crippen molar-refractivity contribution in [2.24, 2.45) is 0 Å². The van der Waals surface area contributed by atoms with Gasteiger partial charge in [0.1, 0.15) is 6.54 Å². The molecule has 5 heteroatoms. The lowest BCUT2D eigenvalue weighted by molar-refractivity contribution is -0.129. The third kappa shape index (κ3) is 6.43. The lowest BCUT2D eigenvalue weighted by Crippen LogP contribution is -2.42. The highest BCUT2D eigenvalue weighted by Gasteiger charge is 2.23. The summed E-state index contributed by atoms with van der Waals surface area (Å²) in [6.07, 6.45) is 1.82. The number of anilines is 1. The van der Waals surface area contributed by atoms with Crippen LogP contribution in [0.3, 0.4) is 0 Å². The van der Waals surface area contributed by atoms with Crippen molar-refractivity contribution >= 4 is 22.6 Å². The second-order valence-corrected chi connectivity index (χ2v) is 10.2. The van der Waals surface area contributed by atoms with E-state index in [9.17, 15) is 9.00 Å². The molecule has 0 N–H and O–H groups in total. The Kier molecular flexibility index (Phi) is 8.65. The van der Waals surface area contributed by atoms with E-state index in [1.807, 2.05) is 60.4 Å². The van der Waals surface area contributed by atoms with E-state index in [-0.39, 0.29) is 17.9 Å². The molecule has 2 aromatic rings. The molecule has 0 aliphatic heterocycles. The third-order valence-corrected chi connectivity index (χ3v) is 6.48. The van der Waals surface area contributed by atoms with Crippen molar-refractivity contribution in [3.05, 3.63) is 59.7 Å². The molecule has 30 heavy (non-hydrogen) atoms. The predicted octanol–water partition coefficient (Wildman–Crippen LogP) is 5.47. The molecule has 4 nitrogen and oxygen atoms in total. The first-order chi connectivity index (χ1) is 14.2. The third-order valence-electron chi connectivity index (χ3n) is 5.06. The molecular formula is C25H36N2O2S. The Hall–Kier alpha value is -2.14. The molecule has 0 heterocycles. The number of amides is 1. The lowest BCUT2D eigenvalue weighted by atomic mass is 9.87. The Morgan fingerprint density at radius 1 is 0.900 bits per heavy atom. The lowest BCUT2D eigenvalue weighted by Gasteiger charge is -2.28. The van der Waals surface area contributed by atoms with Crippen LogP contribution in [0.4, 0.5) is 5.69 Å². The maximum absolute atomic E-state index is 13.5. The molecule has 2 rings (SSSR count). The van der Waals surface area contributed by atoms with Crippen LogP contribution in [-0.4, -0.2) is 34.7 Å². The van der Waals surface area contributed by atoms with Crippen molar-refractivity contribution in [1.29, 1.82) is 0 Å². The molecule has 1 amide bonds. The summed E-state index contributed by atoms with van der Waals surface area (Å²) < 4.78 is 15.2. The smallest absolute Gasteiger partial charge is 0.243 e. The first kappa shape index (κ1) is 24.1. The first-order valence-electron chi connectivity index (χ1n) is 10.8. The highest BCUT2D eigenvalue weighted by Crippen LogP contribution is 2.25. The Morgan fingerprint density at radius 3 is 1.90 bits per heavy atom. The van der Waals surface area contributed by atoms with Crippen LogP contribution in [0.15, 0.2) is 53.4 Å². The fraction of sp³-hybridized carbons (Fsp3) is 0.480. The number of nitrogens with zero attached hydrogens (tertiary/aromatic N) is 2. The van der Waals surface area contributed by atoms with Gasteiger partial charge in [-0.3, -0.25) is 9.10 Å². The van der Waals surface area contributed by atoms with E-state index in [1.165, 1.54) is 5.56 Å². The van der Waals surface area contributed by atoms with E-state index in [4.69, 9.17) is 0 Å². The Bertz CT molecular complexity index is 833. The van der Waals surface area contributed by atoms with Crippen molar-refractivity contribution in [3.8, 4) is 0 Å². The maximum Gasteiger partial charge on any atom is 0.243 e. The molecule has 0 saturated carbocycles. The fourth-order valence-corrected chi connectivity index (χ4v) is 4.44. The summed E-state index contributed by atoms with van der Waals surface area (Å²) in [4.78, 5) is 15.6. The molecule has 1 atom stereocenters. The zero-order valence-corrected chi connectivity index (χ0v) is 20.1. The van der Waals surface area contributed by atoms with Gasteiger partial charge in [0.05, 0.1) is 10.6 Å². The zero-order chi connectivity index (χ0) is 22.3. The van der Waals surface area contributed by atoms with Crippen LogP contribution in [0.1, 0.15) is 58.6 Å². The predicted molar refractivity (Wildman–Crippen MR) is 127 cm³/mol. The van der Waals surface area contributed by atoms with Crippen LogP contribution >= 0.6 is 0 Å². The molecule has 0 radical (unpaired) electrons. The summed E-state index contributed by atoms with van der Waals surface area (Å²) in [5.74, 6) is 0.0129. The minimum atomic E-state index is -1.47. The van der Waals surface area contributed by atoms with Crippen molar-refractivity contribution < 1.29 is 9.00 Å². The number of aryl methyl sites for hydroxylation is 1.